The molecule has 0 amide bonds. The summed E-state index contributed by atoms with van der Waals surface area (Å²) < 4.78 is 27.8. The Morgan fingerprint density at radius 3 is 2.81 bits per heavy atom. The molecule has 2 aliphatic rings. The summed E-state index contributed by atoms with van der Waals surface area (Å²) in [6, 6.07) is 5.48. The Labute approximate surface area is 126 Å². The monoisotopic (exact) mass is 309 g/mol. The highest BCUT2D eigenvalue weighted by atomic mass is 32.2. The molecular formula is C15H23N3O2S. The fourth-order valence-corrected chi connectivity index (χ4v) is 4.46. The fraction of sp³-hybridized carbons (Fsp3) is 0.600. The molecule has 1 aromatic rings. The van der Waals surface area contributed by atoms with Gasteiger partial charge < -0.3 is 10.2 Å². The minimum atomic E-state index is -3.41. The Balaban J connectivity index is 1.69. The number of fused-ring (bicyclic) bond motifs is 1. The van der Waals surface area contributed by atoms with E-state index in [1.807, 2.05) is 12.1 Å². The number of likely N-dealkylation sites (tertiary alicyclic amines) is 1. The van der Waals surface area contributed by atoms with Crippen molar-refractivity contribution in [2.75, 3.05) is 38.0 Å². The molecule has 1 fully saturated rings. The van der Waals surface area contributed by atoms with Gasteiger partial charge >= 0.3 is 0 Å². The smallest absolute Gasteiger partial charge is 0.240 e. The highest BCUT2D eigenvalue weighted by molar-refractivity contribution is 7.89. The van der Waals surface area contributed by atoms with Crippen LogP contribution in [0.1, 0.15) is 24.8 Å². The number of nitrogens with one attached hydrogen (secondary N) is 2. The Kier molecular flexibility index (Phi) is 4.47. The Bertz CT molecular complexity index is 595. The van der Waals surface area contributed by atoms with E-state index < -0.39 is 10.0 Å². The molecule has 116 valence electrons. The molecule has 0 aromatic heterocycles. The Morgan fingerprint density at radius 1 is 1.19 bits per heavy atom. The second kappa shape index (κ2) is 6.34. The zero-order valence-corrected chi connectivity index (χ0v) is 13.1. The lowest BCUT2D eigenvalue weighted by Crippen LogP contribution is -2.34. The maximum atomic E-state index is 12.5. The quantitative estimate of drug-likeness (QED) is 0.863. The summed E-state index contributed by atoms with van der Waals surface area (Å²) in [7, 11) is -3.41. The molecule has 2 heterocycles. The van der Waals surface area contributed by atoms with Gasteiger partial charge in [0.2, 0.25) is 10.0 Å². The molecule has 2 N–H and O–H groups in total. The van der Waals surface area contributed by atoms with Gasteiger partial charge in [-0.1, -0.05) is 6.07 Å². The van der Waals surface area contributed by atoms with Crippen LogP contribution in [0.3, 0.4) is 0 Å². The van der Waals surface area contributed by atoms with Gasteiger partial charge in [-0.05, 0) is 56.5 Å². The first-order valence-electron chi connectivity index (χ1n) is 7.74. The molecule has 3 rings (SSSR count). The van der Waals surface area contributed by atoms with Crippen molar-refractivity contribution in [1.29, 1.82) is 0 Å². The molecule has 1 saturated heterocycles. The summed E-state index contributed by atoms with van der Waals surface area (Å²) in [6.07, 6.45) is 4.26. The van der Waals surface area contributed by atoms with Gasteiger partial charge in [0.25, 0.3) is 0 Å². The van der Waals surface area contributed by atoms with Crippen LogP contribution in [0.15, 0.2) is 23.1 Å². The molecule has 5 nitrogen and oxygen atoms in total. The van der Waals surface area contributed by atoms with Crippen molar-refractivity contribution >= 4 is 15.7 Å². The Hall–Kier alpha value is -1.11. The number of rotatable bonds is 5. The number of sulfonamides is 1. The first kappa shape index (κ1) is 14.8. The molecule has 0 bridgehead atoms. The number of hydrogen-bond acceptors (Lipinski definition) is 4. The summed E-state index contributed by atoms with van der Waals surface area (Å²) in [4.78, 5) is 2.75. The maximum absolute atomic E-state index is 12.5. The normalized spacial score (nSPS) is 19.2. The minimum absolute atomic E-state index is 0.439. The van der Waals surface area contributed by atoms with E-state index in [9.17, 15) is 8.42 Å². The van der Waals surface area contributed by atoms with Crippen molar-refractivity contribution in [3.63, 3.8) is 0 Å². The van der Waals surface area contributed by atoms with E-state index in [2.05, 4.69) is 14.9 Å². The number of nitrogens with zero attached hydrogens (tertiary/aromatic N) is 1. The summed E-state index contributed by atoms with van der Waals surface area (Å²) in [6.45, 7) is 4.38. The summed E-state index contributed by atoms with van der Waals surface area (Å²) in [5.41, 5.74) is 1.89. The van der Waals surface area contributed by atoms with Crippen molar-refractivity contribution in [2.24, 2.45) is 0 Å². The van der Waals surface area contributed by atoms with Gasteiger partial charge in [-0.2, -0.15) is 0 Å². The van der Waals surface area contributed by atoms with Gasteiger partial charge in [-0.3, -0.25) is 0 Å². The molecule has 0 aliphatic carbocycles. The van der Waals surface area contributed by atoms with E-state index in [-0.39, 0.29) is 0 Å². The molecule has 6 heteroatoms. The average Bonchev–Trinajstić information content (AvgIpc) is 3.00. The highest BCUT2D eigenvalue weighted by Crippen LogP contribution is 2.28. The Morgan fingerprint density at radius 2 is 2.00 bits per heavy atom. The molecule has 21 heavy (non-hydrogen) atoms. The van der Waals surface area contributed by atoms with Crippen LogP contribution in [0, 0.1) is 0 Å². The van der Waals surface area contributed by atoms with Gasteiger partial charge in [-0.15, -0.1) is 0 Å². The maximum Gasteiger partial charge on any atom is 0.240 e. The van der Waals surface area contributed by atoms with Gasteiger partial charge in [-0.25, -0.2) is 13.1 Å². The van der Waals surface area contributed by atoms with E-state index in [4.69, 9.17) is 0 Å². The predicted molar refractivity (Wildman–Crippen MR) is 84.1 cm³/mol. The van der Waals surface area contributed by atoms with Crippen LogP contribution in [0.25, 0.3) is 0 Å². The molecular weight excluding hydrogens is 286 g/mol. The van der Waals surface area contributed by atoms with Gasteiger partial charge in [0.1, 0.15) is 0 Å². The van der Waals surface area contributed by atoms with Crippen LogP contribution in [-0.2, 0) is 16.4 Å². The second-order valence-corrected chi connectivity index (χ2v) is 7.49. The largest absolute Gasteiger partial charge is 0.385 e. The summed E-state index contributed by atoms with van der Waals surface area (Å²) in [5, 5.41) is 3.28. The van der Waals surface area contributed by atoms with Gasteiger partial charge in [0, 0.05) is 25.3 Å². The van der Waals surface area contributed by atoms with Crippen LogP contribution in [0.4, 0.5) is 5.69 Å². The van der Waals surface area contributed by atoms with E-state index >= 15 is 0 Å². The van der Waals surface area contributed by atoms with Crippen LogP contribution in [0.2, 0.25) is 0 Å². The van der Waals surface area contributed by atoms with Crippen molar-refractivity contribution < 1.29 is 8.42 Å². The van der Waals surface area contributed by atoms with Crippen LogP contribution >= 0.6 is 0 Å². The summed E-state index contributed by atoms with van der Waals surface area (Å²) in [5.74, 6) is 0. The SMILES string of the molecule is O=S(=O)(NCCN1CCCC1)c1cccc2c1CCCN2. The van der Waals surface area contributed by atoms with E-state index in [0.29, 0.717) is 11.4 Å². The lowest BCUT2D eigenvalue weighted by atomic mass is 10.0. The topological polar surface area (TPSA) is 61.4 Å². The third-order valence-electron chi connectivity index (χ3n) is 4.26. The van der Waals surface area contributed by atoms with Crippen LogP contribution in [-0.4, -0.2) is 46.0 Å². The standard InChI is InChI=1S/C15H23N3O2S/c19-21(20,17-9-12-18-10-1-2-11-18)15-7-3-6-14-13(15)5-4-8-16-14/h3,6-7,16-17H,1-2,4-5,8-12H2. The molecule has 0 saturated carbocycles. The first-order valence-corrected chi connectivity index (χ1v) is 9.23. The van der Waals surface area contributed by atoms with Crippen molar-refractivity contribution in [3.8, 4) is 0 Å². The number of hydrogen-bond donors (Lipinski definition) is 2. The average molecular weight is 309 g/mol. The highest BCUT2D eigenvalue weighted by Gasteiger charge is 2.22. The lowest BCUT2D eigenvalue weighted by molar-refractivity contribution is 0.344. The van der Waals surface area contributed by atoms with E-state index in [1.54, 1.807) is 6.07 Å². The van der Waals surface area contributed by atoms with Gasteiger partial charge in [0.15, 0.2) is 0 Å². The van der Waals surface area contributed by atoms with Crippen LogP contribution < -0.4 is 10.0 Å². The molecule has 1 aromatic carbocycles. The van der Waals surface area contributed by atoms with Crippen molar-refractivity contribution in [1.82, 2.24) is 9.62 Å². The lowest BCUT2D eigenvalue weighted by Gasteiger charge is -2.21. The van der Waals surface area contributed by atoms with E-state index in [1.165, 1.54) is 12.8 Å². The van der Waals surface area contributed by atoms with E-state index in [0.717, 1.165) is 50.3 Å². The number of benzene rings is 1. The van der Waals surface area contributed by atoms with Crippen molar-refractivity contribution in [2.45, 2.75) is 30.6 Å². The first-order chi connectivity index (χ1) is 10.2. The van der Waals surface area contributed by atoms with Gasteiger partial charge in [0.05, 0.1) is 4.90 Å². The number of anilines is 1. The zero-order chi connectivity index (χ0) is 14.7. The molecule has 2 aliphatic heterocycles. The van der Waals surface area contributed by atoms with Crippen LogP contribution in [0.5, 0.6) is 0 Å². The predicted octanol–water partition coefficient (Wildman–Crippen LogP) is 1.42. The molecule has 0 atom stereocenters. The second-order valence-electron chi connectivity index (χ2n) is 5.76. The molecule has 0 spiro atoms. The fourth-order valence-electron chi connectivity index (χ4n) is 3.15. The molecule has 0 unspecified atom stereocenters. The third kappa shape index (κ3) is 3.39. The third-order valence-corrected chi connectivity index (χ3v) is 5.81. The zero-order valence-electron chi connectivity index (χ0n) is 12.3. The van der Waals surface area contributed by atoms with Crippen molar-refractivity contribution in [3.05, 3.63) is 23.8 Å². The summed E-state index contributed by atoms with van der Waals surface area (Å²) >= 11 is 0. The minimum Gasteiger partial charge on any atom is -0.385 e. The molecule has 0 radical (unpaired) electrons.